The molecule has 0 aromatic heterocycles. The number of hydrogen-bond acceptors (Lipinski definition) is 4. The lowest BCUT2D eigenvalue weighted by Crippen LogP contribution is -2.17. The van der Waals surface area contributed by atoms with Crippen molar-refractivity contribution in [2.45, 2.75) is 45.1 Å². The Kier molecular flexibility index (Phi) is 9.13. The summed E-state index contributed by atoms with van der Waals surface area (Å²) in [4.78, 5) is 23.1. The molecule has 0 aliphatic carbocycles. The Hall–Kier alpha value is -1.68. The SMILES string of the molecule is COCCCCCCCC(=O)C(=O)OCc1ccccc1. The number of hydrogen-bond donors (Lipinski definition) is 0. The highest BCUT2D eigenvalue weighted by Gasteiger charge is 2.14. The van der Waals surface area contributed by atoms with Gasteiger partial charge >= 0.3 is 5.97 Å². The molecule has 1 aromatic rings. The molecule has 0 aliphatic heterocycles. The Bertz CT molecular complexity index is 414. The Balaban J connectivity index is 2.07. The van der Waals surface area contributed by atoms with Crippen LogP contribution in [0.25, 0.3) is 0 Å². The molecule has 0 aliphatic rings. The number of benzene rings is 1. The fraction of sp³-hybridized carbons (Fsp3) is 0.529. The van der Waals surface area contributed by atoms with Crippen LogP contribution < -0.4 is 0 Å². The molecule has 1 aromatic carbocycles. The van der Waals surface area contributed by atoms with Crippen LogP contribution >= 0.6 is 0 Å². The van der Waals surface area contributed by atoms with Gasteiger partial charge in [-0.3, -0.25) is 4.79 Å². The quantitative estimate of drug-likeness (QED) is 0.357. The van der Waals surface area contributed by atoms with Crippen LogP contribution in [0.3, 0.4) is 0 Å². The summed E-state index contributed by atoms with van der Waals surface area (Å²) in [6.07, 6.45) is 5.19. The molecule has 0 atom stereocenters. The maximum absolute atomic E-state index is 11.6. The highest BCUT2D eigenvalue weighted by molar-refractivity contribution is 6.33. The third-order valence-corrected chi connectivity index (χ3v) is 3.19. The molecule has 116 valence electrons. The molecule has 4 heteroatoms. The summed E-state index contributed by atoms with van der Waals surface area (Å²) < 4.78 is 9.96. The van der Waals surface area contributed by atoms with Gasteiger partial charge < -0.3 is 9.47 Å². The van der Waals surface area contributed by atoms with Gasteiger partial charge in [0.25, 0.3) is 0 Å². The van der Waals surface area contributed by atoms with E-state index in [-0.39, 0.29) is 13.0 Å². The van der Waals surface area contributed by atoms with E-state index in [1.807, 2.05) is 30.3 Å². The van der Waals surface area contributed by atoms with Gasteiger partial charge in [0.15, 0.2) is 0 Å². The Labute approximate surface area is 126 Å². The molecule has 1 rings (SSSR count). The summed E-state index contributed by atoms with van der Waals surface area (Å²) in [6, 6.07) is 9.35. The van der Waals surface area contributed by atoms with Gasteiger partial charge in [-0.05, 0) is 18.4 Å². The van der Waals surface area contributed by atoms with Crippen LogP contribution in [-0.4, -0.2) is 25.5 Å². The second-order valence-electron chi connectivity index (χ2n) is 5.00. The monoisotopic (exact) mass is 292 g/mol. The minimum absolute atomic E-state index is 0.155. The molecule has 0 unspecified atom stereocenters. The van der Waals surface area contributed by atoms with E-state index in [0.717, 1.165) is 44.3 Å². The normalized spacial score (nSPS) is 10.3. The fourth-order valence-corrected chi connectivity index (χ4v) is 1.97. The number of rotatable bonds is 11. The molecule has 0 fully saturated rings. The molecule has 0 amide bonds. The van der Waals surface area contributed by atoms with Crippen molar-refractivity contribution in [1.29, 1.82) is 0 Å². The Morgan fingerprint density at radius 3 is 2.33 bits per heavy atom. The third-order valence-electron chi connectivity index (χ3n) is 3.19. The first-order valence-electron chi connectivity index (χ1n) is 7.47. The van der Waals surface area contributed by atoms with Crippen molar-refractivity contribution < 1.29 is 19.1 Å². The zero-order valence-corrected chi connectivity index (χ0v) is 12.7. The second-order valence-corrected chi connectivity index (χ2v) is 5.00. The number of methoxy groups -OCH3 is 1. The summed E-state index contributed by atoms with van der Waals surface area (Å²) in [6.45, 7) is 0.938. The predicted octanol–water partition coefficient (Wildman–Crippen LogP) is 3.29. The van der Waals surface area contributed by atoms with Crippen molar-refractivity contribution in [3.8, 4) is 0 Å². The molecule has 0 radical (unpaired) electrons. The van der Waals surface area contributed by atoms with Crippen molar-refractivity contribution in [3.05, 3.63) is 35.9 Å². The maximum atomic E-state index is 11.6. The molecular weight excluding hydrogens is 268 g/mol. The lowest BCUT2D eigenvalue weighted by molar-refractivity contribution is -0.154. The van der Waals surface area contributed by atoms with Gasteiger partial charge in [-0.15, -0.1) is 0 Å². The lowest BCUT2D eigenvalue weighted by Gasteiger charge is -2.04. The second kappa shape index (κ2) is 11.0. The molecule has 0 heterocycles. The lowest BCUT2D eigenvalue weighted by atomic mass is 10.1. The number of ketones is 1. The standard InChI is InChI=1S/C17H24O4/c1-20-13-9-4-2-3-8-12-16(18)17(19)21-14-15-10-6-5-7-11-15/h5-7,10-11H,2-4,8-9,12-14H2,1H3. The third kappa shape index (κ3) is 8.25. The van der Waals surface area contributed by atoms with Crippen LogP contribution in [0.15, 0.2) is 30.3 Å². The van der Waals surface area contributed by atoms with Gasteiger partial charge in [0.05, 0.1) is 0 Å². The zero-order chi connectivity index (χ0) is 15.3. The molecule has 21 heavy (non-hydrogen) atoms. The largest absolute Gasteiger partial charge is 0.455 e. The number of carbonyl (C=O) groups excluding carboxylic acids is 2. The van der Waals surface area contributed by atoms with E-state index in [4.69, 9.17) is 9.47 Å². The van der Waals surface area contributed by atoms with Crippen LogP contribution in [0, 0.1) is 0 Å². The van der Waals surface area contributed by atoms with E-state index in [1.165, 1.54) is 0 Å². The van der Waals surface area contributed by atoms with Gasteiger partial charge in [0.2, 0.25) is 5.78 Å². The number of carbonyl (C=O) groups is 2. The highest BCUT2D eigenvalue weighted by atomic mass is 16.5. The maximum Gasteiger partial charge on any atom is 0.374 e. The Morgan fingerprint density at radius 1 is 0.952 bits per heavy atom. The highest BCUT2D eigenvalue weighted by Crippen LogP contribution is 2.07. The summed E-state index contributed by atoms with van der Waals surface area (Å²) >= 11 is 0. The van der Waals surface area contributed by atoms with Gasteiger partial charge in [-0.25, -0.2) is 4.79 Å². The topological polar surface area (TPSA) is 52.6 Å². The van der Waals surface area contributed by atoms with Crippen LogP contribution in [0.1, 0.15) is 44.1 Å². The van der Waals surface area contributed by atoms with Crippen molar-refractivity contribution in [1.82, 2.24) is 0 Å². The van der Waals surface area contributed by atoms with Gasteiger partial charge in [0, 0.05) is 20.1 Å². The van der Waals surface area contributed by atoms with Crippen LogP contribution in [-0.2, 0) is 25.7 Å². The summed E-state index contributed by atoms with van der Waals surface area (Å²) in [5.41, 5.74) is 0.886. The molecule has 0 N–H and O–H groups in total. The number of esters is 1. The van der Waals surface area contributed by atoms with Crippen LogP contribution in [0.2, 0.25) is 0 Å². The summed E-state index contributed by atoms with van der Waals surface area (Å²) in [5.74, 6) is -1.15. The van der Waals surface area contributed by atoms with E-state index < -0.39 is 11.8 Å². The number of Topliss-reactive ketones (excluding diaryl/α,β-unsaturated/α-hetero) is 1. The van der Waals surface area contributed by atoms with Gasteiger partial charge in [-0.2, -0.15) is 0 Å². The summed E-state index contributed by atoms with van der Waals surface area (Å²) in [5, 5.41) is 0. The minimum Gasteiger partial charge on any atom is -0.455 e. The molecule has 0 spiro atoms. The first kappa shape index (κ1) is 17.4. The van der Waals surface area contributed by atoms with Crippen molar-refractivity contribution in [2.75, 3.05) is 13.7 Å². The number of ether oxygens (including phenoxy) is 2. The molecule has 0 bridgehead atoms. The minimum atomic E-state index is -0.724. The van der Waals surface area contributed by atoms with Crippen molar-refractivity contribution >= 4 is 11.8 Å². The van der Waals surface area contributed by atoms with E-state index in [2.05, 4.69) is 0 Å². The van der Waals surface area contributed by atoms with Crippen molar-refractivity contribution in [2.24, 2.45) is 0 Å². The average Bonchev–Trinajstić information content (AvgIpc) is 2.52. The van der Waals surface area contributed by atoms with E-state index in [1.54, 1.807) is 7.11 Å². The van der Waals surface area contributed by atoms with Crippen molar-refractivity contribution in [3.63, 3.8) is 0 Å². The average molecular weight is 292 g/mol. The van der Waals surface area contributed by atoms with E-state index in [0.29, 0.717) is 0 Å². The van der Waals surface area contributed by atoms with Gasteiger partial charge in [0.1, 0.15) is 6.61 Å². The first-order valence-corrected chi connectivity index (χ1v) is 7.47. The Morgan fingerprint density at radius 2 is 1.62 bits per heavy atom. The molecule has 0 saturated heterocycles. The van der Waals surface area contributed by atoms with Gasteiger partial charge in [-0.1, -0.05) is 49.6 Å². The first-order chi connectivity index (χ1) is 10.2. The molecular formula is C17H24O4. The predicted molar refractivity (Wildman–Crippen MR) is 80.8 cm³/mol. The van der Waals surface area contributed by atoms with E-state index >= 15 is 0 Å². The molecule has 4 nitrogen and oxygen atoms in total. The van der Waals surface area contributed by atoms with E-state index in [9.17, 15) is 9.59 Å². The summed E-state index contributed by atoms with van der Waals surface area (Å²) in [7, 11) is 1.69. The number of unbranched alkanes of at least 4 members (excludes halogenated alkanes) is 4. The molecule has 0 saturated carbocycles. The smallest absolute Gasteiger partial charge is 0.374 e. The zero-order valence-electron chi connectivity index (χ0n) is 12.7. The van der Waals surface area contributed by atoms with Crippen LogP contribution in [0.4, 0.5) is 0 Å². The fourth-order valence-electron chi connectivity index (χ4n) is 1.97. The van der Waals surface area contributed by atoms with Crippen LogP contribution in [0.5, 0.6) is 0 Å².